The number of aliphatic hydroxyl groups is 2. The van der Waals surface area contributed by atoms with E-state index in [1.165, 1.54) is 107 Å². The lowest BCUT2D eigenvalue weighted by molar-refractivity contribution is -0.0645. The molecule has 0 bridgehead atoms. The van der Waals surface area contributed by atoms with Crippen LogP contribution in [0.25, 0.3) is 11.3 Å². The van der Waals surface area contributed by atoms with E-state index in [0.29, 0.717) is 17.5 Å². The molecule has 1 aliphatic heterocycles. The van der Waals surface area contributed by atoms with Crippen LogP contribution in [0.4, 0.5) is 10.2 Å². The molecule has 1 aromatic carbocycles. The van der Waals surface area contributed by atoms with Crippen LogP contribution in [0.1, 0.15) is 140 Å². The smallest absolute Gasteiger partial charge is 0.472 e. The maximum atomic E-state index is 14.1. The number of hydrogen-bond donors (Lipinski definition) is 4. The second-order valence-electron chi connectivity index (χ2n) is 14.7. The summed E-state index contributed by atoms with van der Waals surface area (Å²) in [6, 6.07) is 9.07. The van der Waals surface area contributed by atoms with Gasteiger partial charge in [-0.1, -0.05) is 110 Å². The number of ether oxygens (including phenoxy) is 2. The van der Waals surface area contributed by atoms with E-state index in [0.717, 1.165) is 31.7 Å². The van der Waals surface area contributed by atoms with Crippen molar-refractivity contribution in [2.75, 3.05) is 18.9 Å². The second-order valence-corrected chi connectivity index (χ2v) is 16.2. The number of nitrogen functional groups attached to an aromatic ring is 1. The van der Waals surface area contributed by atoms with Crippen molar-refractivity contribution in [2.45, 2.75) is 147 Å². The van der Waals surface area contributed by atoms with E-state index >= 15 is 0 Å². The molecule has 4 atom stereocenters. The molecule has 5 N–H and O–H groups in total. The van der Waals surface area contributed by atoms with Gasteiger partial charge in [-0.15, -0.1) is 0 Å². The minimum atomic E-state index is -4.72. The summed E-state index contributed by atoms with van der Waals surface area (Å²) in [5.74, 6) is -0.979. The molecule has 0 aliphatic carbocycles. The number of rotatable bonds is 27. The van der Waals surface area contributed by atoms with Crippen molar-refractivity contribution in [1.82, 2.24) is 14.6 Å². The number of aliphatic hydroxyl groups excluding tert-OH is 2. The number of nitrogens with zero attached hydrogens (tertiary/aromatic N) is 4. The van der Waals surface area contributed by atoms with E-state index in [1.807, 2.05) is 6.07 Å². The van der Waals surface area contributed by atoms with Crippen LogP contribution in [-0.2, 0) is 29.7 Å². The number of nitriles is 1. The van der Waals surface area contributed by atoms with Crippen molar-refractivity contribution < 1.29 is 42.6 Å². The number of benzene rings is 1. The Hall–Kier alpha value is -3.57. The molecule has 304 valence electrons. The van der Waals surface area contributed by atoms with E-state index in [9.17, 15) is 29.3 Å². The first-order chi connectivity index (χ1) is 26.5. The van der Waals surface area contributed by atoms with E-state index in [2.05, 4.69) is 17.0 Å². The van der Waals surface area contributed by atoms with E-state index in [4.69, 9.17) is 24.3 Å². The second kappa shape index (κ2) is 22.2. The number of aromatic nitrogens is 3. The molecule has 0 fully saturated rings. The van der Waals surface area contributed by atoms with Gasteiger partial charge >= 0.3 is 7.82 Å². The number of nitrogens with two attached hydrogens (primary N) is 1. The predicted octanol–water partition coefficient (Wildman–Crippen LogP) is 9.07. The fraction of sp³-hybridized carbons (Fsp3) is 0.625. The fourth-order valence-electron chi connectivity index (χ4n) is 6.74. The van der Waals surface area contributed by atoms with Gasteiger partial charge in [-0.05, 0) is 49.2 Å². The Morgan fingerprint density at radius 1 is 1.00 bits per heavy atom. The van der Waals surface area contributed by atoms with Crippen LogP contribution in [0.5, 0.6) is 0 Å². The van der Waals surface area contributed by atoms with E-state index < -0.39 is 43.8 Å². The standard InChI is InChI=1S/C40H59FN5O8P/c1-3-4-5-6-7-8-9-10-11-12-13-14-15-16-17-18-19-33(51-26-31-22-30(25-42)23-32(41)24-31)27-52-55(49,50)53-28-40(2)38(48)36(47)37(54-40)34-20-21-35-39(43)44-29-45-46(34)35/h20-24,29,33,38,47-48H,3-19,26-28H2,1-2H3,(H,49,50)(H2,43,44,45)/t33-,38-,40+/m0/s1. The summed E-state index contributed by atoms with van der Waals surface area (Å²) in [6.07, 6.45) is 19.2. The Bertz CT molecular complexity index is 1770. The molecule has 3 aromatic rings. The molecular formula is C40H59FN5O8P. The Kier molecular flexibility index (Phi) is 17.9. The highest BCUT2D eigenvalue weighted by Gasteiger charge is 2.49. The molecule has 0 saturated heterocycles. The summed E-state index contributed by atoms with van der Waals surface area (Å²) in [4.78, 5) is 14.6. The molecule has 15 heteroatoms. The average Bonchev–Trinajstić information content (AvgIpc) is 3.70. The summed E-state index contributed by atoms with van der Waals surface area (Å²) >= 11 is 0. The number of halogens is 1. The highest BCUT2D eigenvalue weighted by atomic mass is 31.2. The Balaban J connectivity index is 1.22. The van der Waals surface area contributed by atoms with Crippen molar-refractivity contribution >= 4 is 24.9 Å². The summed E-state index contributed by atoms with van der Waals surface area (Å²) in [7, 11) is -4.72. The Morgan fingerprint density at radius 3 is 2.24 bits per heavy atom. The van der Waals surface area contributed by atoms with Gasteiger partial charge in [-0.25, -0.2) is 18.5 Å². The first kappa shape index (κ1) is 44.1. The van der Waals surface area contributed by atoms with Crippen LogP contribution in [0.15, 0.2) is 42.4 Å². The molecule has 13 nitrogen and oxygen atoms in total. The summed E-state index contributed by atoms with van der Waals surface area (Å²) in [5.41, 5.74) is 5.59. The summed E-state index contributed by atoms with van der Waals surface area (Å²) in [5, 5.41) is 35.0. The topological polar surface area (TPSA) is 195 Å². The normalized spacial score (nSPS) is 18.7. The lowest BCUT2D eigenvalue weighted by atomic mass is 10.0. The van der Waals surface area contributed by atoms with Crippen LogP contribution >= 0.6 is 7.82 Å². The molecule has 1 unspecified atom stereocenters. The summed E-state index contributed by atoms with van der Waals surface area (Å²) in [6.45, 7) is 2.70. The zero-order valence-electron chi connectivity index (χ0n) is 32.3. The number of unbranched alkanes of at least 4 members (excludes halogenated alkanes) is 15. The van der Waals surface area contributed by atoms with Gasteiger partial charge in [0.15, 0.2) is 29.0 Å². The predicted molar refractivity (Wildman–Crippen MR) is 208 cm³/mol. The molecule has 55 heavy (non-hydrogen) atoms. The number of anilines is 1. The quantitative estimate of drug-likeness (QED) is 0.0423. The van der Waals surface area contributed by atoms with E-state index in [1.54, 1.807) is 12.1 Å². The first-order valence-electron chi connectivity index (χ1n) is 19.8. The minimum Gasteiger partial charge on any atom is -0.506 e. The average molecular weight is 788 g/mol. The van der Waals surface area contributed by atoms with Gasteiger partial charge in [0.2, 0.25) is 0 Å². The molecule has 2 aromatic heterocycles. The largest absolute Gasteiger partial charge is 0.506 e. The monoisotopic (exact) mass is 787 g/mol. The van der Waals surface area contributed by atoms with Gasteiger partial charge in [0.25, 0.3) is 0 Å². The van der Waals surface area contributed by atoms with E-state index in [-0.39, 0.29) is 36.0 Å². The van der Waals surface area contributed by atoms with Gasteiger partial charge in [-0.3, -0.25) is 9.05 Å². The third kappa shape index (κ3) is 13.8. The number of hydrogen-bond acceptors (Lipinski definition) is 11. The van der Waals surface area contributed by atoms with Crippen LogP contribution in [0.2, 0.25) is 0 Å². The highest BCUT2D eigenvalue weighted by Crippen LogP contribution is 2.47. The van der Waals surface area contributed by atoms with Crippen LogP contribution in [0, 0.1) is 17.1 Å². The van der Waals surface area contributed by atoms with Crippen LogP contribution in [0.3, 0.4) is 0 Å². The third-order valence-electron chi connectivity index (χ3n) is 10.0. The van der Waals surface area contributed by atoms with Gasteiger partial charge in [0, 0.05) is 0 Å². The fourth-order valence-corrected chi connectivity index (χ4v) is 7.59. The third-order valence-corrected chi connectivity index (χ3v) is 10.9. The zero-order chi connectivity index (χ0) is 39.7. The first-order valence-corrected chi connectivity index (χ1v) is 21.3. The van der Waals surface area contributed by atoms with Crippen LogP contribution in [-0.4, -0.2) is 60.7 Å². The lowest BCUT2D eigenvalue weighted by Gasteiger charge is -2.28. The molecule has 3 heterocycles. The molecule has 0 spiro atoms. The zero-order valence-corrected chi connectivity index (χ0v) is 33.2. The van der Waals surface area contributed by atoms with Crippen molar-refractivity contribution in [3.05, 3.63) is 65.1 Å². The molecule has 1 aliphatic rings. The van der Waals surface area contributed by atoms with Gasteiger partial charge in [0.05, 0.1) is 31.0 Å². The van der Waals surface area contributed by atoms with Gasteiger partial charge < -0.3 is 30.3 Å². The van der Waals surface area contributed by atoms with Crippen LogP contribution < -0.4 is 5.73 Å². The lowest BCUT2D eigenvalue weighted by Crippen LogP contribution is -2.42. The number of fused-ring (bicyclic) bond motifs is 1. The molecule has 0 amide bonds. The van der Waals surface area contributed by atoms with Crippen molar-refractivity contribution in [2.24, 2.45) is 0 Å². The molecule has 0 radical (unpaired) electrons. The van der Waals surface area contributed by atoms with Crippen molar-refractivity contribution in [1.29, 1.82) is 5.26 Å². The van der Waals surface area contributed by atoms with Crippen molar-refractivity contribution in [3.63, 3.8) is 0 Å². The highest BCUT2D eigenvalue weighted by molar-refractivity contribution is 7.47. The van der Waals surface area contributed by atoms with Crippen molar-refractivity contribution in [3.8, 4) is 6.07 Å². The maximum Gasteiger partial charge on any atom is 0.472 e. The molecular weight excluding hydrogens is 728 g/mol. The number of phosphoric acid groups is 1. The maximum absolute atomic E-state index is 14.1. The SMILES string of the molecule is CCCCCCCCCCCCCCCCCC[C@@H](COP(=O)(O)OC[C@@]1(C)OC(c2ccc3c(N)ncnn23)=C(O)[C@@H]1O)OCc1cc(F)cc(C#N)c1. The Labute approximate surface area is 324 Å². The molecule has 4 rings (SSSR count). The van der Waals surface area contributed by atoms with Gasteiger partial charge in [-0.2, -0.15) is 10.4 Å². The summed E-state index contributed by atoms with van der Waals surface area (Å²) < 4.78 is 51.1. The number of phosphoric ester groups is 1. The molecule has 0 saturated carbocycles. The van der Waals surface area contributed by atoms with Gasteiger partial charge in [0.1, 0.15) is 30.0 Å². The Morgan fingerprint density at radius 2 is 1.62 bits per heavy atom. The minimum absolute atomic E-state index is 0.0350.